The monoisotopic (exact) mass is 390 g/mol. The number of hydrogen-bond acceptors (Lipinski definition) is 3. The number of Topliss-reactive ketones (excluding diaryl/α,β-unsaturated/α-hetero) is 1. The third-order valence-electron chi connectivity index (χ3n) is 6.78. The molecule has 30 heavy (non-hydrogen) atoms. The van der Waals surface area contributed by atoms with Gasteiger partial charge in [0.05, 0.1) is 11.7 Å². The molecular formula is C26H14O4. The number of aliphatic hydroxyl groups is 1. The fraction of sp³-hybridized carbons (Fsp3) is 0.0769. The van der Waals surface area contributed by atoms with E-state index in [4.69, 9.17) is 0 Å². The quantitative estimate of drug-likeness (QED) is 0.331. The first-order chi connectivity index (χ1) is 14.5. The van der Waals surface area contributed by atoms with Gasteiger partial charge in [0.1, 0.15) is 0 Å². The van der Waals surface area contributed by atoms with Crippen molar-refractivity contribution in [1.29, 1.82) is 0 Å². The number of hydrogen-bond donors (Lipinski definition) is 2. The van der Waals surface area contributed by atoms with Gasteiger partial charge in [-0.15, -0.1) is 0 Å². The SMILES string of the molecule is O=C(O)c1c2cccc3c2c2c(cc4c5c6c(cccc6cc1c52)C(O)C4)=CC3=O. The average molecular weight is 390 g/mol. The maximum absolute atomic E-state index is 12.9. The molecule has 142 valence electrons. The number of aromatic carboxylic acids is 1. The summed E-state index contributed by atoms with van der Waals surface area (Å²) < 4.78 is 0. The fourth-order valence-electron chi connectivity index (χ4n) is 5.71. The lowest BCUT2D eigenvalue weighted by molar-refractivity contribution is 0.0701. The third-order valence-corrected chi connectivity index (χ3v) is 6.78. The minimum Gasteiger partial charge on any atom is -0.478 e. The fourth-order valence-corrected chi connectivity index (χ4v) is 5.71. The van der Waals surface area contributed by atoms with Crippen molar-refractivity contribution in [2.75, 3.05) is 0 Å². The van der Waals surface area contributed by atoms with Gasteiger partial charge in [-0.2, -0.15) is 0 Å². The normalized spacial score (nSPS) is 17.0. The molecule has 0 aliphatic heterocycles. The predicted molar refractivity (Wildman–Crippen MR) is 116 cm³/mol. The number of benzene rings is 5. The summed E-state index contributed by atoms with van der Waals surface area (Å²) in [6, 6.07) is 15.1. The van der Waals surface area contributed by atoms with Crippen molar-refractivity contribution in [3.63, 3.8) is 0 Å². The molecule has 2 aliphatic carbocycles. The Bertz CT molecular complexity index is 1730. The summed E-state index contributed by atoms with van der Waals surface area (Å²) in [6.07, 6.45) is 1.46. The second-order valence-corrected chi connectivity index (χ2v) is 8.26. The molecule has 0 saturated carbocycles. The van der Waals surface area contributed by atoms with Gasteiger partial charge in [-0.05, 0) is 66.2 Å². The van der Waals surface area contributed by atoms with Crippen molar-refractivity contribution in [2.24, 2.45) is 0 Å². The smallest absolute Gasteiger partial charge is 0.336 e. The van der Waals surface area contributed by atoms with Crippen LogP contribution in [0.15, 0.2) is 48.5 Å². The highest BCUT2D eigenvalue weighted by atomic mass is 16.4. The topological polar surface area (TPSA) is 74.6 Å². The molecule has 1 atom stereocenters. The van der Waals surface area contributed by atoms with Crippen LogP contribution in [0.4, 0.5) is 0 Å². The molecule has 0 radical (unpaired) electrons. The standard InChI is InChI=1S/C26H14O4/c27-18-9-12-7-13-10-19(28)15-5-2-6-16-23(15)22(13)25-17(24(16)26(29)30)8-11-3-1-4-14(18)20(11)21(12)25/h1-8,10,18,27H,9H2,(H,29,30). The maximum Gasteiger partial charge on any atom is 0.336 e. The first-order valence-electron chi connectivity index (χ1n) is 9.91. The minimum absolute atomic E-state index is 0.114. The van der Waals surface area contributed by atoms with Crippen LogP contribution in [0.2, 0.25) is 0 Å². The van der Waals surface area contributed by atoms with E-state index < -0.39 is 12.1 Å². The van der Waals surface area contributed by atoms with Crippen LogP contribution < -0.4 is 5.22 Å². The van der Waals surface area contributed by atoms with E-state index in [-0.39, 0.29) is 11.3 Å². The number of ketones is 1. The van der Waals surface area contributed by atoms with E-state index in [0.29, 0.717) is 22.8 Å². The Morgan fingerprint density at radius 1 is 0.900 bits per heavy atom. The first-order valence-corrected chi connectivity index (χ1v) is 9.91. The summed E-state index contributed by atoms with van der Waals surface area (Å²) in [6.45, 7) is 0. The van der Waals surface area contributed by atoms with Crippen LogP contribution >= 0.6 is 0 Å². The third kappa shape index (κ3) is 1.68. The van der Waals surface area contributed by atoms with E-state index in [1.54, 1.807) is 24.3 Å². The maximum atomic E-state index is 12.9. The van der Waals surface area contributed by atoms with E-state index in [1.165, 1.54) is 0 Å². The number of carboxylic acids is 1. The summed E-state index contributed by atoms with van der Waals surface area (Å²) in [5.74, 6) is -1.12. The zero-order chi connectivity index (χ0) is 20.3. The molecule has 0 fully saturated rings. The summed E-state index contributed by atoms with van der Waals surface area (Å²) >= 11 is 0. The van der Waals surface area contributed by atoms with Crippen LogP contribution in [0.1, 0.15) is 37.9 Å². The van der Waals surface area contributed by atoms with Gasteiger partial charge < -0.3 is 10.2 Å². The molecule has 1 unspecified atom stereocenters. The molecule has 4 heteroatoms. The molecule has 5 aromatic rings. The molecular weight excluding hydrogens is 376 g/mol. The van der Waals surface area contributed by atoms with Crippen LogP contribution in [0, 0.1) is 0 Å². The largest absolute Gasteiger partial charge is 0.478 e. The first kappa shape index (κ1) is 16.1. The van der Waals surface area contributed by atoms with E-state index in [0.717, 1.165) is 48.7 Å². The molecule has 0 amide bonds. The van der Waals surface area contributed by atoms with Crippen LogP contribution in [-0.2, 0) is 6.42 Å². The number of carbonyl (C=O) groups excluding carboxylic acids is 1. The van der Waals surface area contributed by atoms with Crippen LogP contribution in [-0.4, -0.2) is 22.0 Å². The van der Waals surface area contributed by atoms with Crippen molar-refractivity contribution in [3.8, 4) is 0 Å². The number of aliphatic hydroxyl groups excluding tert-OH is 1. The van der Waals surface area contributed by atoms with Gasteiger partial charge in [-0.25, -0.2) is 4.79 Å². The van der Waals surface area contributed by atoms with Gasteiger partial charge >= 0.3 is 5.97 Å². The summed E-state index contributed by atoms with van der Waals surface area (Å²) in [5, 5.41) is 28.5. The molecule has 2 aliphatic rings. The van der Waals surface area contributed by atoms with Crippen molar-refractivity contribution < 1.29 is 19.8 Å². The predicted octanol–water partition coefficient (Wildman–Crippen LogP) is 4.28. The number of carbonyl (C=O) groups is 2. The molecule has 0 saturated heterocycles. The molecule has 5 aromatic carbocycles. The van der Waals surface area contributed by atoms with Gasteiger partial charge in [0.2, 0.25) is 0 Å². The van der Waals surface area contributed by atoms with Crippen molar-refractivity contribution in [3.05, 3.63) is 76.0 Å². The summed E-state index contributed by atoms with van der Waals surface area (Å²) in [5.41, 5.74) is 2.61. The Balaban J connectivity index is 1.96. The Morgan fingerprint density at radius 3 is 2.57 bits per heavy atom. The van der Waals surface area contributed by atoms with Crippen LogP contribution in [0.25, 0.3) is 49.2 Å². The molecule has 0 aromatic heterocycles. The lowest BCUT2D eigenvalue weighted by Crippen LogP contribution is -2.19. The lowest BCUT2D eigenvalue weighted by atomic mass is 9.77. The zero-order valence-corrected chi connectivity index (χ0v) is 15.7. The van der Waals surface area contributed by atoms with Crippen molar-refractivity contribution >= 4 is 60.9 Å². The second kappa shape index (κ2) is 5.04. The molecule has 0 heterocycles. The van der Waals surface area contributed by atoms with Crippen molar-refractivity contribution in [2.45, 2.75) is 12.5 Å². The van der Waals surface area contributed by atoms with E-state index >= 15 is 0 Å². The lowest BCUT2D eigenvalue weighted by Gasteiger charge is -2.27. The molecule has 4 nitrogen and oxygen atoms in total. The number of rotatable bonds is 1. The van der Waals surface area contributed by atoms with Gasteiger partial charge in [0, 0.05) is 17.4 Å². The molecule has 2 N–H and O–H groups in total. The Morgan fingerprint density at radius 2 is 1.73 bits per heavy atom. The number of carboxylic acid groups (broad SMARTS) is 1. The van der Waals surface area contributed by atoms with E-state index in [1.807, 2.05) is 30.3 Å². The zero-order valence-electron chi connectivity index (χ0n) is 15.7. The van der Waals surface area contributed by atoms with Gasteiger partial charge in [0.15, 0.2) is 5.78 Å². The highest BCUT2D eigenvalue weighted by Crippen LogP contribution is 2.46. The average Bonchev–Trinajstić information content (AvgIpc) is 2.72. The van der Waals surface area contributed by atoms with Crippen molar-refractivity contribution in [1.82, 2.24) is 0 Å². The van der Waals surface area contributed by atoms with E-state index in [9.17, 15) is 19.8 Å². The Labute approximate surface area is 169 Å². The van der Waals surface area contributed by atoms with Gasteiger partial charge in [0.25, 0.3) is 0 Å². The molecule has 0 bridgehead atoms. The Kier molecular flexibility index (Phi) is 2.70. The highest BCUT2D eigenvalue weighted by molar-refractivity contribution is 6.39. The van der Waals surface area contributed by atoms with Gasteiger partial charge in [-0.1, -0.05) is 42.5 Å². The van der Waals surface area contributed by atoms with E-state index in [2.05, 4.69) is 0 Å². The van der Waals surface area contributed by atoms with Gasteiger partial charge in [-0.3, -0.25) is 4.79 Å². The van der Waals surface area contributed by atoms with Crippen LogP contribution in [0.5, 0.6) is 0 Å². The molecule has 7 rings (SSSR count). The van der Waals surface area contributed by atoms with Crippen LogP contribution in [0.3, 0.4) is 0 Å². The highest BCUT2D eigenvalue weighted by Gasteiger charge is 2.29. The minimum atomic E-state index is -1.00. The Hall–Kier alpha value is -3.76. The summed E-state index contributed by atoms with van der Waals surface area (Å²) in [7, 11) is 0. The summed E-state index contributed by atoms with van der Waals surface area (Å²) in [4.78, 5) is 25.3. The second-order valence-electron chi connectivity index (χ2n) is 8.26. The molecule has 0 spiro atoms.